The van der Waals surface area contributed by atoms with E-state index in [1.54, 1.807) is 0 Å². The fraction of sp³-hybridized carbons (Fsp3) is 0.538. The third-order valence-corrected chi connectivity index (χ3v) is 2.84. The molecule has 1 atom stereocenters. The van der Waals surface area contributed by atoms with Gasteiger partial charge in [-0.1, -0.05) is 26.0 Å². The van der Waals surface area contributed by atoms with Crippen molar-refractivity contribution < 1.29 is 4.74 Å². The number of ether oxygens (including phenoxy) is 1. The van der Waals surface area contributed by atoms with Crippen LogP contribution >= 0.6 is 0 Å². The summed E-state index contributed by atoms with van der Waals surface area (Å²) in [5, 5.41) is 3.30. The SMILES string of the molecule is CC(C)c1cccc(OC2CCNC2)c1. The molecule has 1 heterocycles. The number of nitrogens with one attached hydrogen (secondary N) is 1. The maximum absolute atomic E-state index is 5.90. The first-order valence-corrected chi connectivity index (χ1v) is 5.73. The molecule has 2 nitrogen and oxygen atoms in total. The van der Waals surface area contributed by atoms with Crippen LogP contribution in [0.4, 0.5) is 0 Å². The van der Waals surface area contributed by atoms with Crippen molar-refractivity contribution in [1.82, 2.24) is 5.32 Å². The predicted octanol–water partition coefficient (Wildman–Crippen LogP) is 2.55. The monoisotopic (exact) mass is 205 g/mol. The molecule has 1 saturated heterocycles. The van der Waals surface area contributed by atoms with Crippen LogP contribution in [0.5, 0.6) is 5.75 Å². The van der Waals surface area contributed by atoms with Crippen molar-refractivity contribution in [2.24, 2.45) is 0 Å². The van der Waals surface area contributed by atoms with Crippen LogP contribution in [0.25, 0.3) is 0 Å². The topological polar surface area (TPSA) is 21.3 Å². The zero-order chi connectivity index (χ0) is 10.7. The van der Waals surface area contributed by atoms with E-state index in [0.717, 1.165) is 25.3 Å². The van der Waals surface area contributed by atoms with Crippen molar-refractivity contribution in [2.45, 2.75) is 32.3 Å². The second kappa shape index (κ2) is 4.67. The second-order valence-corrected chi connectivity index (χ2v) is 4.46. The molecule has 82 valence electrons. The molecule has 1 unspecified atom stereocenters. The molecule has 0 aliphatic carbocycles. The van der Waals surface area contributed by atoms with Crippen molar-refractivity contribution in [2.75, 3.05) is 13.1 Å². The van der Waals surface area contributed by atoms with Crippen molar-refractivity contribution in [3.8, 4) is 5.75 Å². The van der Waals surface area contributed by atoms with Crippen molar-refractivity contribution >= 4 is 0 Å². The third-order valence-electron chi connectivity index (χ3n) is 2.84. The molecule has 0 bridgehead atoms. The van der Waals surface area contributed by atoms with Crippen LogP contribution in [0.3, 0.4) is 0 Å². The molecule has 1 aromatic carbocycles. The zero-order valence-corrected chi connectivity index (χ0v) is 9.49. The molecule has 2 heteroatoms. The Labute approximate surface area is 91.6 Å². The van der Waals surface area contributed by atoms with Gasteiger partial charge in [-0.3, -0.25) is 0 Å². The Morgan fingerprint density at radius 1 is 1.40 bits per heavy atom. The van der Waals surface area contributed by atoms with E-state index in [0.29, 0.717) is 12.0 Å². The Kier molecular flexibility index (Phi) is 3.27. The first-order chi connectivity index (χ1) is 7.25. The van der Waals surface area contributed by atoms with E-state index < -0.39 is 0 Å². The van der Waals surface area contributed by atoms with Gasteiger partial charge < -0.3 is 10.1 Å². The van der Waals surface area contributed by atoms with Gasteiger partial charge in [-0.05, 0) is 36.6 Å². The molecule has 2 rings (SSSR count). The first kappa shape index (κ1) is 10.5. The Hall–Kier alpha value is -1.02. The Balaban J connectivity index is 2.04. The molecule has 1 N–H and O–H groups in total. The number of rotatable bonds is 3. The largest absolute Gasteiger partial charge is 0.489 e. The lowest BCUT2D eigenvalue weighted by Gasteiger charge is -2.14. The summed E-state index contributed by atoms with van der Waals surface area (Å²) in [6.07, 6.45) is 1.47. The Bertz CT molecular complexity index is 316. The summed E-state index contributed by atoms with van der Waals surface area (Å²) < 4.78 is 5.90. The summed E-state index contributed by atoms with van der Waals surface area (Å²) in [6, 6.07) is 8.44. The fourth-order valence-corrected chi connectivity index (χ4v) is 1.87. The van der Waals surface area contributed by atoms with E-state index in [1.807, 2.05) is 6.07 Å². The van der Waals surface area contributed by atoms with E-state index in [4.69, 9.17) is 4.74 Å². The van der Waals surface area contributed by atoms with Crippen LogP contribution < -0.4 is 10.1 Å². The fourth-order valence-electron chi connectivity index (χ4n) is 1.87. The van der Waals surface area contributed by atoms with Crippen molar-refractivity contribution in [1.29, 1.82) is 0 Å². The van der Waals surface area contributed by atoms with E-state index in [1.165, 1.54) is 5.56 Å². The summed E-state index contributed by atoms with van der Waals surface area (Å²) in [6.45, 7) is 6.47. The number of hydrogen-bond donors (Lipinski definition) is 1. The zero-order valence-electron chi connectivity index (χ0n) is 9.49. The predicted molar refractivity (Wildman–Crippen MR) is 62.4 cm³/mol. The van der Waals surface area contributed by atoms with Gasteiger partial charge in [0.05, 0.1) is 0 Å². The van der Waals surface area contributed by atoms with E-state index in [9.17, 15) is 0 Å². The summed E-state index contributed by atoms with van der Waals surface area (Å²) in [7, 11) is 0. The minimum Gasteiger partial charge on any atom is -0.489 e. The lowest BCUT2D eigenvalue weighted by Crippen LogP contribution is -2.19. The summed E-state index contributed by atoms with van der Waals surface area (Å²) in [5.74, 6) is 1.57. The standard InChI is InChI=1S/C13H19NO/c1-10(2)11-4-3-5-12(8-11)15-13-6-7-14-9-13/h3-5,8,10,13-14H,6-7,9H2,1-2H3. The highest BCUT2D eigenvalue weighted by atomic mass is 16.5. The molecule has 0 amide bonds. The summed E-state index contributed by atoms with van der Waals surface area (Å²) in [5.41, 5.74) is 1.35. The average molecular weight is 205 g/mol. The Morgan fingerprint density at radius 3 is 2.93 bits per heavy atom. The van der Waals surface area contributed by atoms with Crippen LogP contribution in [-0.4, -0.2) is 19.2 Å². The van der Waals surface area contributed by atoms with Crippen LogP contribution in [0.2, 0.25) is 0 Å². The first-order valence-electron chi connectivity index (χ1n) is 5.73. The van der Waals surface area contributed by atoms with Gasteiger partial charge in [0, 0.05) is 6.54 Å². The second-order valence-electron chi connectivity index (χ2n) is 4.46. The molecule has 1 aromatic rings. The molecule has 0 saturated carbocycles. The van der Waals surface area contributed by atoms with Gasteiger partial charge in [-0.15, -0.1) is 0 Å². The van der Waals surface area contributed by atoms with Crippen LogP contribution in [0.15, 0.2) is 24.3 Å². The Morgan fingerprint density at radius 2 is 2.27 bits per heavy atom. The molecule has 1 fully saturated rings. The van der Waals surface area contributed by atoms with Gasteiger partial charge in [-0.25, -0.2) is 0 Å². The average Bonchev–Trinajstić information content (AvgIpc) is 2.71. The summed E-state index contributed by atoms with van der Waals surface area (Å²) >= 11 is 0. The normalized spacial score (nSPS) is 20.9. The molecule has 0 aromatic heterocycles. The van der Waals surface area contributed by atoms with E-state index >= 15 is 0 Å². The quantitative estimate of drug-likeness (QED) is 0.818. The highest BCUT2D eigenvalue weighted by Crippen LogP contribution is 2.21. The van der Waals surface area contributed by atoms with Gasteiger partial charge in [0.1, 0.15) is 11.9 Å². The van der Waals surface area contributed by atoms with Gasteiger partial charge in [0.25, 0.3) is 0 Å². The third kappa shape index (κ3) is 2.72. The minimum atomic E-state index is 0.354. The van der Waals surface area contributed by atoms with Crippen molar-refractivity contribution in [3.05, 3.63) is 29.8 Å². The molecule has 0 spiro atoms. The molecular weight excluding hydrogens is 186 g/mol. The van der Waals surface area contributed by atoms with Gasteiger partial charge in [-0.2, -0.15) is 0 Å². The smallest absolute Gasteiger partial charge is 0.120 e. The molecule has 0 radical (unpaired) electrons. The molecule has 15 heavy (non-hydrogen) atoms. The molecular formula is C13H19NO. The van der Waals surface area contributed by atoms with Crippen LogP contribution in [0, 0.1) is 0 Å². The highest BCUT2D eigenvalue weighted by molar-refractivity contribution is 5.30. The van der Waals surface area contributed by atoms with Crippen molar-refractivity contribution in [3.63, 3.8) is 0 Å². The van der Waals surface area contributed by atoms with Gasteiger partial charge in [0.2, 0.25) is 0 Å². The van der Waals surface area contributed by atoms with Gasteiger partial charge >= 0.3 is 0 Å². The van der Waals surface area contributed by atoms with Crippen LogP contribution in [0.1, 0.15) is 31.7 Å². The lowest BCUT2D eigenvalue weighted by molar-refractivity contribution is 0.223. The maximum Gasteiger partial charge on any atom is 0.120 e. The molecule has 1 aliphatic heterocycles. The highest BCUT2D eigenvalue weighted by Gasteiger charge is 2.15. The minimum absolute atomic E-state index is 0.354. The lowest BCUT2D eigenvalue weighted by atomic mass is 10.0. The van der Waals surface area contributed by atoms with Gasteiger partial charge in [0.15, 0.2) is 0 Å². The van der Waals surface area contributed by atoms with Crippen LogP contribution in [-0.2, 0) is 0 Å². The van der Waals surface area contributed by atoms with E-state index in [2.05, 4.69) is 37.4 Å². The maximum atomic E-state index is 5.90. The summed E-state index contributed by atoms with van der Waals surface area (Å²) in [4.78, 5) is 0. The van der Waals surface area contributed by atoms with E-state index in [-0.39, 0.29) is 0 Å². The number of hydrogen-bond acceptors (Lipinski definition) is 2. The molecule has 1 aliphatic rings. The number of benzene rings is 1.